The van der Waals surface area contributed by atoms with Gasteiger partial charge in [-0.15, -0.1) is 0 Å². The fraction of sp³-hybridized carbons (Fsp3) is 0.286. The lowest BCUT2D eigenvalue weighted by Crippen LogP contribution is -2.31. The van der Waals surface area contributed by atoms with Gasteiger partial charge in [-0.05, 0) is 48.7 Å². The number of aromatic nitrogens is 1. The van der Waals surface area contributed by atoms with Gasteiger partial charge in [-0.25, -0.2) is 0 Å². The van der Waals surface area contributed by atoms with Gasteiger partial charge >= 0.3 is 5.97 Å². The largest absolute Gasteiger partial charge is 0.466 e. The Balaban J connectivity index is 2.09. The SMILES string of the molecule is CCOC(=O)CCN(Cc1cccnc1)C(=O)/C=C/c1ccc(C)c(Cl)c1. The number of nitrogens with zero attached hydrogens (tertiary/aromatic N) is 2. The minimum absolute atomic E-state index is 0.143. The van der Waals surface area contributed by atoms with E-state index in [1.54, 1.807) is 30.3 Å². The van der Waals surface area contributed by atoms with Gasteiger partial charge in [-0.2, -0.15) is 0 Å². The smallest absolute Gasteiger partial charge is 0.307 e. The molecule has 0 saturated heterocycles. The van der Waals surface area contributed by atoms with Gasteiger partial charge in [0.15, 0.2) is 0 Å². The van der Waals surface area contributed by atoms with E-state index >= 15 is 0 Å². The van der Waals surface area contributed by atoms with Crippen molar-refractivity contribution in [2.75, 3.05) is 13.2 Å². The van der Waals surface area contributed by atoms with Crippen molar-refractivity contribution in [3.63, 3.8) is 0 Å². The Morgan fingerprint density at radius 2 is 2.11 bits per heavy atom. The number of benzene rings is 1. The summed E-state index contributed by atoms with van der Waals surface area (Å²) in [5.74, 6) is -0.518. The third-order valence-corrected chi connectivity index (χ3v) is 4.32. The lowest BCUT2D eigenvalue weighted by atomic mass is 10.1. The zero-order valence-corrected chi connectivity index (χ0v) is 16.3. The molecule has 5 nitrogen and oxygen atoms in total. The van der Waals surface area contributed by atoms with Crippen molar-refractivity contribution in [1.29, 1.82) is 0 Å². The summed E-state index contributed by atoms with van der Waals surface area (Å²) in [5, 5.41) is 0.652. The predicted molar refractivity (Wildman–Crippen MR) is 106 cm³/mol. The van der Waals surface area contributed by atoms with Crippen LogP contribution in [0.3, 0.4) is 0 Å². The summed E-state index contributed by atoms with van der Waals surface area (Å²) < 4.78 is 4.95. The molecule has 1 amide bonds. The van der Waals surface area contributed by atoms with Crippen LogP contribution in [0.4, 0.5) is 0 Å². The van der Waals surface area contributed by atoms with E-state index in [0.29, 0.717) is 18.2 Å². The van der Waals surface area contributed by atoms with Crippen molar-refractivity contribution >= 4 is 29.6 Å². The lowest BCUT2D eigenvalue weighted by molar-refractivity contribution is -0.143. The molecule has 27 heavy (non-hydrogen) atoms. The molecule has 0 N–H and O–H groups in total. The van der Waals surface area contributed by atoms with Crippen molar-refractivity contribution in [2.45, 2.75) is 26.8 Å². The van der Waals surface area contributed by atoms with E-state index in [4.69, 9.17) is 16.3 Å². The first-order valence-electron chi connectivity index (χ1n) is 8.77. The second kappa shape index (κ2) is 10.5. The molecule has 0 unspecified atom stereocenters. The van der Waals surface area contributed by atoms with Gasteiger partial charge in [-0.1, -0.05) is 29.8 Å². The lowest BCUT2D eigenvalue weighted by Gasteiger charge is -2.21. The van der Waals surface area contributed by atoms with E-state index in [1.165, 1.54) is 6.08 Å². The first-order valence-corrected chi connectivity index (χ1v) is 9.15. The molecule has 142 valence electrons. The van der Waals surface area contributed by atoms with Crippen LogP contribution in [0.15, 0.2) is 48.8 Å². The van der Waals surface area contributed by atoms with Gasteiger partial charge in [0.25, 0.3) is 0 Å². The molecule has 0 aliphatic rings. The van der Waals surface area contributed by atoms with Crippen molar-refractivity contribution in [2.24, 2.45) is 0 Å². The highest BCUT2D eigenvalue weighted by Crippen LogP contribution is 2.17. The van der Waals surface area contributed by atoms with Crippen LogP contribution in [0.2, 0.25) is 5.02 Å². The maximum absolute atomic E-state index is 12.7. The fourth-order valence-corrected chi connectivity index (χ4v) is 2.61. The molecule has 2 rings (SSSR count). The molecule has 6 heteroatoms. The molecular weight excluding hydrogens is 364 g/mol. The molecule has 2 aromatic rings. The molecule has 0 fully saturated rings. The molecule has 1 aromatic heterocycles. The van der Waals surface area contributed by atoms with Gasteiger partial charge in [0, 0.05) is 36.6 Å². The number of hydrogen-bond acceptors (Lipinski definition) is 4. The summed E-state index contributed by atoms with van der Waals surface area (Å²) in [5.41, 5.74) is 2.71. The van der Waals surface area contributed by atoms with Crippen LogP contribution in [0.5, 0.6) is 0 Å². The Hall–Kier alpha value is -2.66. The maximum atomic E-state index is 12.7. The molecule has 1 heterocycles. The van der Waals surface area contributed by atoms with Crippen molar-refractivity contribution in [1.82, 2.24) is 9.88 Å². The molecule has 0 aliphatic carbocycles. The summed E-state index contributed by atoms with van der Waals surface area (Å²) in [6.45, 7) is 4.64. The number of pyridine rings is 1. The molecule has 0 aliphatic heterocycles. The van der Waals surface area contributed by atoms with Crippen LogP contribution < -0.4 is 0 Å². The highest BCUT2D eigenvalue weighted by molar-refractivity contribution is 6.31. The number of hydrogen-bond donors (Lipinski definition) is 0. The van der Waals surface area contributed by atoms with E-state index in [0.717, 1.165) is 16.7 Å². The second-order valence-electron chi connectivity index (χ2n) is 6.02. The average molecular weight is 387 g/mol. The van der Waals surface area contributed by atoms with Gasteiger partial charge in [0.2, 0.25) is 5.91 Å². The van der Waals surface area contributed by atoms with Crippen LogP contribution >= 0.6 is 11.6 Å². The summed E-state index contributed by atoms with van der Waals surface area (Å²) in [4.78, 5) is 30.0. The van der Waals surface area contributed by atoms with E-state index in [9.17, 15) is 9.59 Å². The number of ether oxygens (including phenoxy) is 1. The monoisotopic (exact) mass is 386 g/mol. The Morgan fingerprint density at radius 3 is 2.78 bits per heavy atom. The first-order chi connectivity index (χ1) is 13.0. The minimum Gasteiger partial charge on any atom is -0.466 e. The molecule has 0 saturated carbocycles. The molecule has 0 radical (unpaired) electrons. The number of carbonyl (C=O) groups is 2. The maximum Gasteiger partial charge on any atom is 0.307 e. The summed E-state index contributed by atoms with van der Waals surface area (Å²) in [6.07, 6.45) is 6.73. The zero-order chi connectivity index (χ0) is 19.6. The Kier molecular flexibility index (Phi) is 8.01. The van der Waals surface area contributed by atoms with Crippen molar-refractivity contribution in [3.05, 3.63) is 70.5 Å². The van der Waals surface area contributed by atoms with E-state index < -0.39 is 0 Å². The van der Waals surface area contributed by atoms with E-state index in [2.05, 4.69) is 4.98 Å². The molecule has 0 bridgehead atoms. The van der Waals surface area contributed by atoms with Gasteiger partial charge in [0.05, 0.1) is 13.0 Å². The Bertz CT molecular complexity index is 806. The highest BCUT2D eigenvalue weighted by atomic mass is 35.5. The molecule has 0 spiro atoms. The number of esters is 1. The zero-order valence-electron chi connectivity index (χ0n) is 15.5. The second-order valence-corrected chi connectivity index (χ2v) is 6.43. The molecular formula is C21H23ClN2O3. The number of carbonyl (C=O) groups excluding carboxylic acids is 2. The van der Waals surface area contributed by atoms with Crippen LogP contribution in [-0.2, 0) is 20.9 Å². The van der Waals surface area contributed by atoms with Crippen LogP contribution in [0.1, 0.15) is 30.0 Å². The van der Waals surface area contributed by atoms with Crippen molar-refractivity contribution in [3.8, 4) is 0 Å². The summed E-state index contributed by atoms with van der Waals surface area (Å²) in [7, 11) is 0. The number of halogens is 1. The minimum atomic E-state index is -0.323. The average Bonchev–Trinajstić information content (AvgIpc) is 2.67. The van der Waals surface area contributed by atoms with Gasteiger partial charge < -0.3 is 9.64 Å². The standard InChI is InChI=1S/C21H23ClN2O3/c1-3-27-21(26)10-12-24(15-18-5-4-11-23-14-18)20(25)9-8-17-7-6-16(2)19(22)13-17/h4-9,11,13-14H,3,10,12,15H2,1-2H3/b9-8+. The van der Waals surface area contributed by atoms with Crippen molar-refractivity contribution < 1.29 is 14.3 Å². The van der Waals surface area contributed by atoms with Crippen LogP contribution in [0, 0.1) is 6.92 Å². The summed E-state index contributed by atoms with van der Waals surface area (Å²) >= 11 is 6.13. The van der Waals surface area contributed by atoms with Crippen LogP contribution in [-0.4, -0.2) is 34.9 Å². The quantitative estimate of drug-likeness (QED) is 0.507. The van der Waals surface area contributed by atoms with Gasteiger partial charge in [-0.3, -0.25) is 14.6 Å². The number of aryl methyl sites for hydroxylation is 1. The predicted octanol–water partition coefficient (Wildman–Crippen LogP) is 4.04. The fourth-order valence-electron chi connectivity index (χ4n) is 2.42. The summed E-state index contributed by atoms with van der Waals surface area (Å²) in [6, 6.07) is 9.31. The van der Waals surface area contributed by atoms with E-state index in [-0.39, 0.29) is 24.8 Å². The third kappa shape index (κ3) is 6.87. The molecule has 1 aromatic carbocycles. The van der Waals surface area contributed by atoms with E-state index in [1.807, 2.05) is 37.3 Å². The Labute approximate surface area is 164 Å². The topological polar surface area (TPSA) is 59.5 Å². The molecule has 0 atom stereocenters. The van der Waals surface area contributed by atoms with Crippen LogP contribution in [0.25, 0.3) is 6.08 Å². The highest BCUT2D eigenvalue weighted by Gasteiger charge is 2.14. The number of amides is 1. The number of rotatable bonds is 8. The normalized spacial score (nSPS) is 10.8. The Morgan fingerprint density at radius 1 is 1.30 bits per heavy atom. The third-order valence-electron chi connectivity index (χ3n) is 3.91. The first kappa shape index (κ1) is 20.6. The van der Waals surface area contributed by atoms with Gasteiger partial charge in [0.1, 0.15) is 0 Å².